The van der Waals surface area contributed by atoms with Crippen molar-refractivity contribution in [2.45, 2.75) is 12.8 Å². The average molecular weight is 410 g/mol. The van der Waals surface area contributed by atoms with Gasteiger partial charge in [0.15, 0.2) is 17.3 Å². The molecule has 8 nitrogen and oxygen atoms in total. The minimum atomic E-state index is -2.98. The molecule has 2 aliphatic rings. The predicted molar refractivity (Wildman–Crippen MR) is 104 cm³/mol. The molecule has 0 spiro atoms. The molecule has 1 fully saturated rings. The second-order valence-electron chi connectivity index (χ2n) is 7.13. The molecule has 0 aromatic heterocycles. The zero-order valence-electron chi connectivity index (χ0n) is 16.1. The lowest BCUT2D eigenvalue weighted by Crippen LogP contribution is -2.49. The molecule has 1 saturated heterocycles. The summed E-state index contributed by atoms with van der Waals surface area (Å²) in [7, 11) is -2.98. The van der Waals surface area contributed by atoms with Crippen LogP contribution < -0.4 is 9.47 Å². The monoisotopic (exact) mass is 410 g/mol. The highest BCUT2D eigenvalue weighted by atomic mass is 32.2. The maximum atomic E-state index is 12.4. The highest BCUT2D eigenvalue weighted by Crippen LogP contribution is 2.31. The number of carbonyl (C=O) groups excluding carboxylic acids is 2. The molecule has 0 atom stereocenters. The van der Waals surface area contributed by atoms with Crippen molar-refractivity contribution in [1.82, 2.24) is 9.80 Å². The van der Waals surface area contributed by atoms with Crippen molar-refractivity contribution in [2.75, 3.05) is 57.9 Å². The largest absolute Gasteiger partial charge is 0.486 e. The molecule has 3 rings (SSSR count). The lowest BCUT2D eigenvalue weighted by Gasteiger charge is -2.34. The number of nitrogens with zero attached hydrogens (tertiary/aromatic N) is 2. The molecule has 9 heteroatoms. The van der Waals surface area contributed by atoms with Gasteiger partial charge in [-0.1, -0.05) is 0 Å². The van der Waals surface area contributed by atoms with Crippen LogP contribution in [0.15, 0.2) is 18.2 Å². The Morgan fingerprint density at radius 2 is 1.68 bits per heavy atom. The number of rotatable bonds is 7. The first-order valence-corrected chi connectivity index (χ1v) is 11.5. The lowest BCUT2D eigenvalue weighted by molar-refractivity contribution is -0.132. The highest BCUT2D eigenvalue weighted by Gasteiger charge is 2.22. The van der Waals surface area contributed by atoms with Crippen LogP contribution in [0, 0.1) is 0 Å². The van der Waals surface area contributed by atoms with Gasteiger partial charge in [0.05, 0.1) is 5.75 Å². The lowest BCUT2D eigenvalue weighted by atomic mass is 10.1. The van der Waals surface area contributed by atoms with Gasteiger partial charge in [0, 0.05) is 57.4 Å². The summed E-state index contributed by atoms with van der Waals surface area (Å²) >= 11 is 0. The summed E-state index contributed by atoms with van der Waals surface area (Å²) in [5.41, 5.74) is 0.516. The van der Waals surface area contributed by atoms with Gasteiger partial charge >= 0.3 is 0 Å². The topological polar surface area (TPSA) is 93.2 Å². The van der Waals surface area contributed by atoms with E-state index < -0.39 is 9.84 Å². The van der Waals surface area contributed by atoms with Gasteiger partial charge in [-0.3, -0.25) is 14.5 Å². The first kappa shape index (κ1) is 20.6. The van der Waals surface area contributed by atoms with Crippen LogP contribution in [0.25, 0.3) is 0 Å². The number of ketones is 1. The molecule has 1 aromatic carbocycles. The van der Waals surface area contributed by atoms with Crippen molar-refractivity contribution in [3.8, 4) is 11.5 Å². The molecule has 0 bridgehead atoms. The average Bonchev–Trinajstić information content (AvgIpc) is 2.69. The molecule has 0 radical (unpaired) electrons. The number of hydrogen-bond donors (Lipinski definition) is 0. The minimum Gasteiger partial charge on any atom is -0.486 e. The molecule has 0 aliphatic carbocycles. The van der Waals surface area contributed by atoms with Crippen LogP contribution in [0.4, 0.5) is 0 Å². The van der Waals surface area contributed by atoms with E-state index in [2.05, 4.69) is 0 Å². The van der Waals surface area contributed by atoms with Gasteiger partial charge in [0.1, 0.15) is 23.1 Å². The van der Waals surface area contributed by atoms with E-state index in [0.29, 0.717) is 63.0 Å². The zero-order chi connectivity index (χ0) is 20.1. The summed E-state index contributed by atoms with van der Waals surface area (Å²) in [6, 6.07) is 5.09. The number of carbonyl (C=O) groups is 2. The molecule has 2 aliphatic heterocycles. The third-order valence-corrected chi connectivity index (χ3v) is 5.86. The molecule has 1 amide bonds. The third kappa shape index (κ3) is 5.68. The number of benzene rings is 1. The summed E-state index contributed by atoms with van der Waals surface area (Å²) in [4.78, 5) is 28.6. The highest BCUT2D eigenvalue weighted by molar-refractivity contribution is 7.90. The number of Topliss-reactive ketones (excluding diaryl/α,β-unsaturated/α-hetero) is 1. The van der Waals surface area contributed by atoms with Crippen LogP contribution in [0.1, 0.15) is 23.2 Å². The van der Waals surface area contributed by atoms with Gasteiger partial charge in [-0.05, 0) is 18.2 Å². The SMILES string of the molecule is CS(=O)(=O)CCN1CCN(C(=O)CCC(=O)c2ccc3c(c2)OCCO3)CC1. The van der Waals surface area contributed by atoms with E-state index in [1.165, 1.54) is 6.26 Å². The van der Waals surface area contributed by atoms with Crippen LogP contribution in [-0.2, 0) is 14.6 Å². The van der Waals surface area contributed by atoms with Crippen molar-refractivity contribution in [1.29, 1.82) is 0 Å². The maximum Gasteiger partial charge on any atom is 0.223 e. The second-order valence-corrected chi connectivity index (χ2v) is 9.39. The van der Waals surface area contributed by atoms with Crippen LogP contribution in [-0.4, -0.2) is 87.9 Å². The van der Waals surface area contributed by atoms with E-state index in [9.17, 15) is 18.0 Å². The van der Waals surface area contributed by atoms with Crippen LogP contribution in [0.3, 0.4) is 0 Å². The fourth-order valence-electron chi connectivity index (χ4n) is 3.26. The quantitative estimate of drug-likeness (QED) is 0.608. The fourth-order valence-corrected chi connectivity index (χ4v) is 3.85. The van der Waals surface area contributed by atoms with E-state index in [4.69, 9.17) is 9.47 Å². The van der Waals surface area contributed by atoms with Crippen molar-refractivity contribution >= 4 is 21.5 Å². The van der Waals surface area contributed by atoms with Crippen molar-refractivity contribution in [3.63, 3.8) is 0 Å². The summed E-state index contributed by atoms with van der Waals surface area (Å²) < 4.78 is 33.4. The molecular formula is C19H26N2O6S. The summed E-state index contributed by atoms with van der Waals surface area (Å²) in [5, 5.41) is 0. The number of fused-ring (bicyclic) bond motifs is 1. The standard InChI is InChI=1S/C19H26N2O6S/c1-28(24,25)13-10-20-6-8-21(9-7-20)19(23)5-3-16(22)15-2-4-17-18(14-15)27-12-11-26-17/h2,4,14H,3,5-13H2,1H3. The Morgan fingerprint density at radius 3 is 2.36 bits per heavy atom. The number of sulfone groups is 1. The smallest absolute Gasteiger partial charge is 0.223 e. The molecule has 0 unspecified atom stereocenters. The molecule has 28 heavy (non-hydrogen) atoms. The van der Waals surface area contributed by atoms with Crippen LogP contribution >= 0.6 is 0 Å². The minimum absolute atomic E-state index is 0.0475. The predicted octanol–water partition coefficient (Wildman–Crippen LogP) is 0.610. The van der Waals surface area contributed by atoms with Crippen molar-refractivity contribution in [2.24, 2.45) is 0 Å². The summed E-state index contributed by atoms with van der Waals surface area (Å²) in [6.45, 7) is 3.86. The van der Waals surface area contributed by atoms with Gasteiger partial charge in [-0.2, -0.15) is 0 Å². The fraction of sp³-hybridized carbons (Fsp3) is 0.579. The van der Waals surface area contributed by atoms with E-state index >= 15 is 0 Å². The number of ether oxygens (including phenoxy) is 2. The Kier molecular flexibility index (Phi) is 6.56. The number of amides is 1. The number of piperazine rings is 1. The molecule has 2 heterocycles. The molecule has 1 aromatic rings. The first-order valence-electron chi connectivity index (χ1n) is 9.42. The van der Waals surface area contributed by atoms with E-state index in [-0.39, 0.29) is 30.3 Å². The van der Waals surface area contributed by atoms with Gasteiger partial charge in [-0.25, -0.2) is 8.42 Å². The van der Waals surface area contributed by atoms with Crippen molar-refractivity contribution in [3.05, 3.63) is 23.8 Å². The van der Waals surface area contributed by atoms with Gasteiger partial charge in [-0.15, -0.1) is 0 Å². The zero-order valence-corrected chi connectivity index (χ0v) is 16.9. The van der Waals surface area contributed by atoms with Crippen LogP contribution in [0.5, 0.6) is 11.5 Å². The molecule has 0 N–H and O–H groups in total. The summed E-state index contributed by atoms with van der Waals surface area (Å²) in [5.74, 6) is 1.18. The Morgan fingerprint density at radius 1 is 1.00 bits per heavy atom. The summed E-state index contributed by atoms with van der Waals surface area (Å²) in [6.07, 6.45) is 1.54. The third-order valence-electron chi connectivity index (χ3n) is 4.93. The van der Waals surface area contributed by atoms with Crippen molar-refractivity contribution < 1.29 is 27.5 Å². The van der Waals surface area contributed by atoms with E-state index in [1.807, 2.05) is 4.90 Å². The normalized spacial score (nSPS) is 17.4. The molecular weight excluding hydrogens is 384 g/mol. The van der Waals surface area contributed by atoms with Gasteiger partial charge in [0.25, 0.3) is 0 Å². The Hall–Kier alpha value is -2.13. The number of hydrogen-bond acceptors (Lipinski definition) is 7. The Labute approximate surface area is 165 Å². The molecule has 154 valence electrons. The first-order chi connectivity index (χ1) is 13.3. The Bertz CT molecular complexity index is 831. The van der Waals surface area contributed by atoms with Crippen LogP contribution in [0.2, 0.25) is 0 Å². The van der Waals surface area contributed by atoms with Gasteiger partial charge in [0.2, 0.25) is 5.91 Å². The Balaban J connectivity index is 1.44. The van der Waals surface area contributed by atoms with E-state index in [0.717, 1.165) is 0 Å². The maximum absolute atomic E-state index is 12.4. The second kappa shape index (κ2) is 8.91. The van der Waals surface area contributed by atoms with Gasteiger partial charge < -0.3 is 14.4 Å². The van der Waals surface area contributed by atoms with E-state index in [1.54, 1.807) is 23.1 Å². The molecule has 0 saturated carbocycles.